The molecule has 4 fully saturated rings. The van der Waals surface area contributed by atoms with E-state index in [1.807, 2.05) is 11.8 Å². The fourth-order valence-corrected chi connectivity index (χ4v) is 4.78. The number of rotatable bonds is 4. The van der Waals surface area contributed by atoms with Gasteiger partial charge < -0.3 is 19.7 Å². The van der Waals surface area contributed by atoms with Crippen LogP contribution < -0.4 is 5.32 Å². The minimum Gasteiger partial charge on any atom is -0.347 e. The second-order valence-corrected chi connectivity index (χ2v) is 8.15. The number of hydrogen-bond donors (Lipinski definition) is 1. The van der Waals surface area contributed by atoms with E-state index in [1.54, 1.807) is 0 Å². The Bertz CT molecular complexity index is 453. The molecule has 0 bridgehead atoms. The molecule has 5 heteroatoms. The highest BCUT2D eigenvalue weighted by atomic mass is 16.7. The monoisotopic (exact) mass is 322 g/mol. The van der Waals surface area contributed by atoms with Crippen LogP contribution in [0.3, 0.4) is 0 Å². The van der Waals surface area contributed by atoms with E-state index >= 15 is 0 Å². The number of nitrogens with zero attached hydrogens (tertiary/aromatic N) is 1. The van der Waals surface area contributed by atoms with Crippen molar-refractivity contribution >= 4 is 6.03 Å². The topological polar surface area (TPSA) is 50.8 Å². The first kappa shape index (κ1) is 15.7. The molecule has 4 aliphatic rings. The molecule has 2 heterocycles. The summed E-state index contributed by atoms with van der Waals surface area (Å²) in [5.41, 5.74) is 0.439. The van der Waals surface area contributed by atoms with E-state index in [-0.39, 0.29) is 11.9 Å². The number of amides is 2. The maximum absolute atomic E-state index is 12.6. The first-order chi connectivity index (χ1) is 11.1. The van der Waals surface area contributed by atoms with Crippen molar-refractivity contribution in [2.45, 2.75) is 57.7 Å². The van der Waals surface area contributed by atoms with Crippen molar-refractivity contribution in [2.24, 2.45) is 17.3 Å². The first-order valence-corrected chi connectivity index (χ1v) is 9.42. The van der Waals surface area contributed by atoms with Crippen LogP contribution in [0.15, 0.2) is 0 Å². The van der Waals surface area contributed by atoms with Crippen molar-refractivity contribution in [1.82, 2.24) is 10.2 Å². The van der Waals surface area contributed by atoms with Crippen LogP contribution in [-0.4, -0.2) is 49.6 Å². The van der Waals surface area contributed by atoms with Crippen molar-refractivity contribution in [3.8, 4) is 0 Å². The van der Waals surface area contributed by atoms with E-state index in [4.69, 9.17) is 9.47 Å². The Morgan fingerprint density at radius 2 is 1.87 bits per heavy atom. The number of carbonyl (C=O) groups is 1. The van der Waals surface area contributed by atoms with Gasteiger partial charge in [-0.25, -0.2) is 4.79 Å². The Kier molecular flexibility index (Phi) is 4.04. The van der Waals surface area contributed by atoms with E-state index in [9.17, 15) is 4.79 Å². The van der Waals surface area contributed by atoms with Crippen LogP contribution in [0.5, 0.6) is 0 Å². The minimum atomic E-state index is -0.498. The van der Waals surface area contributed by atoms with Crippen LogP contribution in [0.2, 0.25) is 0 Å². The Morgan fingerprint density at radius 1 is 1.13 bits per heavy atom. The lowest BCUT2D eigenvalue weighted by molar-refractivity contribution is -0.189. The van der Waals surface area contributed by atoms with Crippen molar-refractivity contribution < 1.29 is 14.3 Å². The number of nitrogens with one attached hydrogen (secondary N) is 1. The lowest BCUT2D eigenvalue weighted by atomic mass is 9.65. The first-order valence-electron chi connectivity index (χ1n) is 9.42. The second kappa shape index (κ2) is 5.92. The van der Waals surface area contributed by atoms with E-state index in [0.29, 0.717) is 18.6 Å². The normalized spacial score (nSPS) is 32.4. The predicted octanol–water partition coefficient (Wildman–Crippen LogP) is 2.75. The molecule has 0 unspecified atom stereocenters. The van der Waals surface area contributed by atoms with Gasteiger partial charge in [-0.15, -0.1) is 0 Å². The third-order valence-corrected chi connectivity index (χ3v) is 6.70. The maximum Gasteiger partial charge on any atom is 0.317 e. The summed E-state index contributed by atoms with van der Waals surface area (Å²) in [7, 11) is 0. The van der Waals surface area contributed by atoms with Gasteiger partial charge in [0, 0.05) is 25.6 Å². The number of ether oxygens (including phenoxy) is 2. The molecule has 2 saturated heterocycles. The zero-order valence-electron chi connectivity index (χ0n) is 14.3. The Balaban J connectivity index is 1.31. The third-order valence-electron chi connectivity index (χ3n) is 6.70. The van der Waals surface area contributed by atoms with Gasteiger partial charge in [-0.1, -0.05) is 6.42 Å². The van der Waals surface area contributed by atoms with Gasteiger partial charge >= 0.3 is 6.03 Å². The summed E-state index contributed by atoms with van der Waals surface area (Å²) in [6.07, 6.45) is 8.80. The van der Waals surface area contributed by atoms with Gasteiger partial charge in [-0.2, -0.15) is 0 Å². The summed E-state index contributed by atoms with van der Waals surface area (Å²) < 4.78 is 11.6. The lowest BCUT2D eigenvalue weighted by Gasteiger charge is -2.44. The van der Waals surface area contributed by atoms with Crippen LogP contribution in [0.1, 0.15) is 51.9 Å². The van der Waals surface area contributed by atoms with Gasteiger partial charge in [0.25, 0.3) is 0 Å². The predicted molar refractivity (Wildman–Crippen MR) is 87.0 cm³/mol. The highest BCUT2D eigenvalue weighted by Crippen LogP contribution is 2.56. The molecular weight excluding hydrogens is 292 g/mol. The van der Waals surface area contributed by atoms with Crippen molar-refractivity contribution in [3.05, 3.63) is 0 Å². The molecule has 4 rings (SSSR count). The summed E-state index contributed by atoms with van der Waals surface area (Å²) in [6, 6.07) is 0.114. The number of piperidine rings is 1. The van der Waals surface area contributed by atoms with Crippen LogP contribution in [0, 0.1) is 17.3 Å². The smallest absolute Gasteiger partial charge is 0.317 e. The van der Waals surface area contributed by atoms with Gasteiger partial charge in [0.05, 0.1) is 13.2 Å². The summed E-state index contributed by atoms with van der Waals surface area (Å²) in [5.74, 6) is 0.665. The Morgan fingerprint density at radius 3 is 2.48 bits per heavy atom. The molecule has 0 aromatic rings. The highest BCUT2D eigenvalue weighted by Gasteiger charge is 2.49. The van der Waals surface area contributed by atoms with E-state index < -0.39 is 5.79 Å². The lowest BCUT2D eigenvalue weighted by Crippen LogP contribution is -2.53. The Hall–Kier alpha value is -0.810. The van der Waals surface area contributed by atoms with Gasteiger partial charge in [-0.05, 0) is 56.8 Å². The zero-order chi connectivity index (χ0) is 15.9. The maximum atomic E-state index is 12.6. The molecule has 2 aliphatic carbocycles. The van der Waals surface area contributed by atoms with Crippen LogP contribution in [0.4, 0.5) is 4.79 Å². The van der Waals surface area contributed by atoms with Crippen LogP contribution in [-0.2, 0) is 9.47 Å². The fourth-order valence-electron chi connectivity index (χ4n) is 4.78. The van der Waals surface area contributed by atoms with Crippen molar-refractivity contribution in [2.75, 3.05) is 32.8 Å². The quantitative estimate of drug-likeness (QED) is 0.866. The molecule has 130 valence electrons. The fraction of sp³-hybridized carbons (Fsp3) is 0.944. The molecule has 0 spiro atoms. The molecule has 2 amide bonds. The SMILES string of the molecule is CC1([C@H]2CCCN(C(=O)NCC3(C4CC4)CCC3)C2)OCCO1. The standard InChI is InChI=1S/C18H30N2O3/c1-17(22-10-11-23-17)15-4-2-9-20(12-15)16(21)19-13-18(7-3-8-18)14-5-6-14/h14-15H,2-13H2,1H3,(H,19,21)/t15-/m0/s1. The van der Waals surface area contributed by atoms with Crippen molar-refractivity contribution in [3.63, 3.8) is 0 Å². The minimum absolute atomic E-state index is 0.114. The molecule has 1 atom stereocenters. The van der Waals surface area contributed by atoms with Crippen molar-refractivity contribution in [1.29, 1.82) is 0 Å². The van der Waals surface area contributed by atoms with E-state index in [0.717, 1.165) is 38.4 Å². The van der Waals surface area contributed by atoms with Crippen LogP contribution in [0.25, 0.3) is 0 Å². The summed E-state index contributed by atoms with van der Waals surface area (Å²) in [6.45, 7) is 5.85. The molecule has 0 aromatic heterocycles. The number of hydrogen-bond acceptors (Lipinski definition) is 3. The van der Waals surface area contributed by atoms with Crippen LogP contribution >= 0.6 is 0 Å². The molecule has 0 aromatic carbocycles. The molecular formula is C18H30N2O3. The molecule has 2 saturated carbocycles. The molecule has 5 nitrogen and oxygen atoms in total. The average molecular weight is 322 g/mol. The second-order valence-electron chi connectivity index (χ2n) is 8.15. The van der Waals surface area contributed by atoms with Gasteiger partial charge in [-0.3, -0.25) is 0 Å². The zero-order valence-corrected chi connectivity index (χ0v) is 14.3. The number of urea groups is 1. The van der Waals surface area contributed by atoms with E-state index in [2.05, 4.69) is 5.32 Å². The molecule has 0 radical (unpaired) electrons. The van der Waals surface area contributed by atoms with Gasteiger partial charge in [0.2, 0.25) is 0 Å². The van der Waals surface area contributed by atoms with Gasteiger partial charge in [0.15, 0.2) is 5.79 Å². The highest BCUT2D eigenvalue weighted by molar-refractivity contribution is 5.74. The number of carbonyl (C=O) groups excluding carboxylic acids is 1. The van der Waals surface area contributed by atoms with E-state index in [1.165, 1.54) is 32.1 Å². The largest absolute Gasteiger partial charge is 0.347 e. The summed E-state index contributed by atoms with van der Waals surface area (Å²) in [5, 5.41) is 3.25. The third kappa shape index (κ3) is 2.98. The Labute approximate surface area is 139 Å². The molecule has 23 heavy (non-hydrogen) atoms. The molecule has 1 N–H and O–H groups in total. The average Bonchev–Trinajstić information content (AvgIpc) is 3.27. The number of likely N-dealkylation sites (tertiary alicyclic amines) is 1. The van der Waals surface area contributed by atoms with Gasteiger partial charge in [0.1, 0.15) is 0 Å². The molecule has 2 aliphatic heterocycles. The summed E-state index contributed by atoms with van der Waals surface area (Å²) >= 11 is 0. The summed E-state index contributed by atoms with van der Waals surface area (Å²) in [4.78, 5) is 14.6.